The van der Waals surface area contributed by atoms with E-state index in [2.05, 4.69) is 19.1 Å². The minimum absolute atomic E-state index is 0.155. The molecule has 0 saturated carbocycles. The Bertz CT molecular complexity index is 415. The largest absolute Gasteiger partial charge is 0.394 e. The summed E-state index contributed by atoms with van der Waals surface area (Å²) < 4.78 is 11.1. The van der Waals surface area contributed by atoms with Crippen LogP contribution >= 0.6 is 0 Å². The highest BCUT2D eigenvalue weighted by atomic mass is 16.6. The van der Waals surface area contributed by atoms with Crippen LogP contribution in [-0.2, 0) is 9.47 Å². The summed E-state index contributed by atoms with van der Waals surface area (Å²) in [5.74, 6) is 0. The van der Waals surface area contributed by atoms with Crippen LogP contribution in [0.1, 0.15) is 110 Å². The molecule has 31 heavy (non-hydrogen) atoms. The van der Waals surface area contributed by atoms with Gasteiger partial charge in [-0.25, -0.2) is 0 Å². The number of unbranched alkanes of at least 4 members (excludes halogenated alkanes) is 14. The molecular formula is C26H50O5. The second-order valence-electron chi connectivity index (χ2n) is 9.10. The lowest BCUT2D eigenvalue weighted by Crippen LogP contribution is -2.42. The average molecular weight is 443 g/mol. The lowest BCUT2D eigenvalue weighted by molar-refractivity contribution is -0.0938. The molecule has 0 aromatic rings. The number of ether oxygens (including phenoxy) is 2. The number of aliphatic hydroxyl groups excluding tert-OH is 3. The fourth-order valence-corrected chi connectivity index (χ4v) is 4.18. The first kappa shape index (κ1) is 28.6. The van der Waals surface area contributed by atoms with E-state index >= 15 is 0 Å². The summed E-state index contributed by atoms with van der Waals surface area (Å²) in [7, 11) is 0. The molecule has 0 aliphatic carbocycles. The van der Waals surface area contributed by atoms with Crippen molar-refractivity contribution in [3.05, 3.63) is 12.2 Å². The van der Waals surface area contributed by atoms with E-state index < -0.39 is 24.4 Å². The fraction of sp³-hybridized carbons (Fsp3) is 0.923. The zero-order valence-corrected chi connectivity index (χ0v) is 20.1. The first-order chi connectivity index (χ1) is 15.2. The van der Waals surface area contributed by atoms with Crippen LogP contribution < -0.4 is 0 Å². The molecule has 5 nitrogen and oxygen atoms in total. The van der Waals surface area contributed by atoms with E-state index in [0.29, 0.717) is 6.61 Å². The van der Waals surface area contributed by atoms with Gasteiger partial charge in [-0.1, -0.05) is 89.7 Å². The lowest BCUT2D eigenvalue weighted by atomic mass is 10.1. The molecule has 1 saturated heterocycles. The normalized spacial score (nSPS) is 22.5. The Kier molecular flexibility index (Phi) is 18.6. The maximum Gasteiger partial charge on any atom is 0.114 e. The van der Waals surface area contributed by atoms with Crippen LogP contribution in [0.3, 0.4) is 0 Å². The second-order valence-corrected chi connectivity index (χ2v) is 9.10. The summed E-state index contributed by atoms with van der Waals surface area (Å²) in [4.78, 5) is 0. The van der Waals surface area contributed by atoms with Crippen LogP contribution in [0.5, 0.6) is 0 Å². The average Bonchev–Trinajstić information content (AvgIpc) is 3.15. The summed E-state index contributed by atoms with van der Waals surface area (Å²) in [5.41, 5.74) is 0. The lowest BCUT2D eigenvalue weighted by Gasteiger charge is -2.23. The van der Waals surface area contributed by atoms with Crippen molar-refractivity contribution in [1.82, 2.24) is 0 Å². The number of hydrogen-bond acceptors (Lipinski definition) is 5. The SMILES string of the molecule is CCCCCCC/C=C/CCCCCCCCCCCO[C@@H]1[C@H]([C@@H](O)CO)OC[C@H]1O. The van der Waals surface area contributed by atoms with Crippen molar-refractivity contribution in [2.75, 3.05) is 19.8 Å². The van der Waals surface area contributed by atoms with E-state index in [-0.39, 0.29) is 13.2 Å². The van der Waals surface area contributed by atoms with Crippen LogP contribution in [0.25, 0.3) is 0 Å². The van der Waals surface area contributed by atoms with E-state index in [9.17, 15) is 10.2 Å². The molecule has 0 aromatic carbocycles. The van der Waals surface area contributed by atoms with E-state index in [1.165, 1.54) is 89.9 Å². The summed E-state index contributed by atoms with van der Waals surface area (Å²) in [6, 6.07) is 0. The highest BCUT2D eigenvalue weighted by Crippen LogP contribution is 2.21. The van der Waals surface area contributed by atoms with Crippen molar-refractivity contribution >= 4 is 0 Å². The molecule has 1 heterocycles. The molecule has 0 bridgehead atoms. The van der Waals surface area contributed by atoms with Gasteiger partial charge in [0.2, 0.25) is 0 Å². The van der Waals surface area contributed by atoms with Crippen molar-refractivity contribution in [1.29, 1.82) is 0 Å². The summed E-state index contributed by atoms with van der Waals surface area (Å²) in [6.07, 6.45) is 22.5. The maximum absolute atomic E-state index is 9.91. The molecule has 3 N–H and O–H groups in total. The third-order valence-corrected chi connectivity index (χ3v) is 6.20. The molecule has 184 valence electrons. The zero-order chi connectivity index (χ0) is 22.6. The predicted octanol–water partition coefficient (Wildman–Crippen LogP) is 5.30. The molecule has 1 fully saturated rings. The smallest absolute Gasteiger partial charge is 0.114 e. The molecule has 4 atom stereocenters. The molecule has 5 heteroatoms. The minimum Gasteiger partial charge on any atom is -0.394 e. The van der Waals surface area contributed by atoms with Gasteiger partial charge in [0.1, 0.15) is 24.4 Å². The van der Waals surface area contributed by atoms with Crippen LogP contribution in [0.2, 0.25) is 0 Å². The molecule has 1 aliphatic heterocycles. The van der Waals surface area contributed by atoms with Crippen LogP contribution in [0.15, 0.2) is 12.2 Å². The van der Waals surface area contributed by atoms with Gasteiger partial charge in [-0.05, 0) is 32.1 Å². The highest BCUT2D eigenvalue weighted by molar-refractivity contribution is 4.89. The highest BCUT2D eigenvalue weighted by Gasteiger charge is 2.40. The van der Waals surface area contributed by atoms with Gasteiger partial charge in [0, 0.05) is 6.61 Å². The van der Waals surface area contributed by atoms with Crippen LogP contribution in [0, 0.1) is 0 Å². The molecule has 0 amide bonds. The molecule has 1 rings (SSSR count). The first-order valence-electron chi connectivity index (χ1n) is 13.1. The number of aliphatic hydroxyl groups is 3. The quantitative estimate of drug-likeness (QED) is 0.166. The van der Waals surface area contributed by atoms with Gasteiger partial charge in [-0.3, -0.25) is 0 Å². The molecule has 0 spiro atoms. The van der Waals surface area contributed by atoms with Gasteiger partial charge in [-0.2, -0.15) is 0 Å². The number of hydrogen-bond donors (Lipinski definition) is 3. The third kappa shape index (κ3) is 14.3. The standard InChI is InChI=1S/C26H50O5/c1-2-3-4-5-6-7-8-9-10-11-12-13-14-15-16-17-18-19-20-30-26-24(29)22-31-25(26)23(28)21-27/h8-9,23-29H,2-7,10-22H2,1H3/b9-8+/t23-,24+,25-,26-/m0/s1. The maximum atomic E-state index is 9.91. The Morgan fingerprint density at radius 3 is 1.90 bits per heavy atom. The van der Waals surface area contributed by atoms with E-state index in [0.717, 1.165) is 12.8 Å². The Labute approximate surface area is 191 Å². The molecule has 0 radical (unpaired) electrons. The molecule has 0 unspecified atom stereocenters. The summed E-state index contributed by atoms with van der Waals surface area (Å²) >= 11 is 0. The van der Waals surface area contributed by atoms with Gasteiger partial charge in [0.05, 0.1) is 13.2 Å². The van der Waals surface area contributed by atoms with Gasteiger partial charge in [-0.15, -0.1) is 0 Å². The number of rotatable bonds is 21. The van der Waals surface area contributed by atoms with Gasteiger partial charge in [0.15, 0.2) is 0 Å². The summed E-state index contributed by atoms with van der Waals surface area (Å²) in [5, 5.41) is 28.7. The minimum atomic E-state index is -1.00. The number of allylic oxidation sites excluding steroid dienone is 2. The second kappa shape index (κ2) is 20.2. The van der Waals surface area contributed by atoms with Crippen LogP contribution in [-0.4, -0.2) is 59.6 Å². The Balaban J connectivity index is 1.83. The monoisotopic (exact) mass is 442 g/mol. The first-order valence-corrected chi connectivity index (χ1v) is 13.1. The van der Waals surface area contributed by atoms with Crippen LogP contribution in [0.4, 0.5) is 0 Å². The van der Waals surface area contributed by atoms with Crippen molar-refractivity contribution in [2.24, 2.45) is 0 Å². The Morgan fingerprint density at radius 1 is 0.839 bits per heavy atom. The van der Waals surface area contributed by atoms with Crippen molar-refractivity contribution < 1.29 is 24.8 Å². The topological polar surface area (TPSA) is 79.2 Å². The zero-order valence-electron chi connectivity index (χ0n) is 20.1. The Morgan fingerprint density at radius 2 is 1.35 bits per heavy atom. The molecule has 0 aromatic heterocycles. The van der Waals surface area contributed by atoms with Crippen molar-refractivity contribution in [3.8, 4) is 0 Å². The van der Waals surface area contributed by atoms with Gasteiger partial charge >= 0.3 is 0 Å². The molecular weight excluding hydrogens is 392 g/mol. The van der Waals surface area contributed by atoms with E-state index in [4.69, 9.17) is 14.6 Å². The molecule has 1 aliphatic rings. The van der Waals surface area contributed by atoms with Gasteiger partial charge < -0.3 is 24.8 Å². The van der Waals surface area contributed by atoms with Crippen molar-refractivity contribution in [3.63, 3.8) is 0 Å². The van der Waals surface area contributed by atoms with E-state index in [1.54, 1.807) is 0 Å². The third-order valence-electron chi connectivity index (χ3n) is 6.20. The summed E-state index contributed by atoms with van der Waals surface area (Å²) in [6.45, 7) is 2.60. The van der Waals surface area contributed by atoms with E-state index in [1.807, 2.05) is 0 Å². The fourth-order valence-electron chi connectivity index (χ4n) is 4.18. The van der Waals surface area contributed by atoms with Crippen molar-refractivity contribution in [2.45, 2.75) is 134 Å². The van der Waals surface area contributed by atoms with Gasteiger partial charge in [0.25, 0.3) is 0 Å². The predicted molar refractivity (Wildman–Crippen MR) is 127 cm³/mol. The Hall–Kier alpha value is -0.460.